The Labute approximate surface area is 155 Å². The van der Waals surface area contributed by atoms with Crippen molar-refractivity contribution in [2.75, 3.05) is 26.2 Å². The minimum Gasteiger partial charge on any atom is -0.333 e. The Kier molecular flexibility index (Phi) is 5.12. The van der Waals surface area contributed by atoms with Gasteiger partial charge >= 0.3 is 0 Å². The predicted octanol–water partition coefficient (Wildman–Crippen LogP) is 0.935. The van der Waals surface area contributed by atoms with E-state index < -0.39 is 0 Å². The molecule has 1 fully saturated rings. The molecule has 7 heteroatoms. The number of rotatable bonds is 5. The highest BCUT2D eigenvalue weighted by atomic mass is 35.5. The number of thiophene rings is 1. The maximum absolute atomic E-state index is 5.92. The molecule has 0 saturated carbocycles. The molecular weight excluding hydrogens is 356 g/mol. The predicted molar refractivity (Wildman–Crippen MR) is 97.9 cm³/mol. The Balaban J connectivity index is 1.31. The molecule has 5 nitrogen and oxygen atoms in total. The largest absolute Gasteiger partial charge is 0.333 e. The van der Waals surface area contributed by atoms with Crippen molar-refractivity contribution in [1.82, 2.24) is 10.1 Å². The maximum atomic E-state index is 5.92. The zero-order chi connectivity index (χ0) is 17.1. The van der Waals surface area contributed by atoms with Gasteiger partial charge in [-0.2, -0.15) is 4.98 Å². The molecule has 4 rings (SSSR count). The second kappa shape index (κ2) is 7.66. The van der Waals surface area contributed by atoms with E-state index in [9.17, 15) is 0 Å². The molecule has 1 aliphatic heterocycles. The van der Waals surface area contributed by atoms with Crippen LogP contribution in [0.3, 0.4) is 0 Å². The molecule has 0 unspecified atom stereocenters. The molecule has 0 amide bonds. The summed E-state index contributed by atoms with van der Waals surface area (Å²) in [4.78, 5) is 9.19. The third-order valence-electron chi connectivity index (χ3n) is 4.64. The number of benzene rings is 1. The summed E-state index contributed by atoms with van der Waals surface area (Å²) in [5, 5.41) is 6.97. The van der Waals surface area contributed by atoms with Crippen molar-refractivity contribution in [1.29, 1.82) is 0 Å². The molecule has 0 spiro atoms. The summed E-state index contributed by atoms with van der Waals surface area (Å²) in [6.07, 6.45) is 0. The van der Waals surface area contributed by atoms with Gasteiger partial charge in [0.25, 0.3) is 5.89 Å². The van der Waals surface area contributed by atoms with Crippen LogP contribution in [0.1, 0.15) is 10.8 Å². The topological polar surface area (TPSA) is 47.8 Å². The zero-order valence-electron chi connectivity index (χ0n) is 13.9. The van der Waals surface area contributed by atoms with Gasteiger partial charge in [0.05, 0.1) is 4.88 Å². The fraction of sp³-hybridized carbons (Fsp3) is 0.333. The van der Waals surface area contributed by atoms with Crippen LogP contribution < -0.4 is 9.80 Å². The van der Waals surface area contributed by atoms with E-state index in [-0.39, 0.29) is 0 Å². The van der Waals surface area contributed by atoms with Gasteiger partial charge in [0, 0.05) is 10.6 Å². The Morgan fingerprint density at radius 2 is 1.72 bits per heavy atom. The van der Waals surface area contributed by atoms with Crippen molar-refractivity contribution < 1.29 is 14.3 Å². The minimum absolute atomic E-state index is 0.632. The second-order valence-corrected chi connectivity index (χ2v) is 7.92. The van der Waals surface area contributed by atoms with E-state index in [4.69, 9.17) is 16.1 Å². The van der Waals surface area contributed by atoms with Gasteiger partial charge in [-0.05, 0) is 35.7 Å². The van der Waals surface area contributed by atoms with Crippen LogP contribution in [0.15, 0.2) is 46.3 Å². The fourth-order valence-corrected chi connectivity index (χ4v) is 4.13. The Morgan fingerprint density at radius 3 is 2.40 bits per heavy atom. The number of aromatic nitrogens is 2. The molecule has 1 aromatic carbocycles. The molecular formula is C18H21ClN4OS+2. The first-order valence-corrected chi connectivity index (χ1v) is 9.80. The smallest absolute Gasteiger partial charge is 0.282 e. The first-order chi connectivity index (χ1) is 12.3. The normalized spacial score (nSPS) is 20.7. The SMILES string of the molecule is Clc1ccc(-c2noc(C[NH+]3CC[NH+](Cc4cccs4)CC3)n2)cc1. The van der Waals surface area contributed by atoms with Crippen LogP contribution in [0.2, 0.25) is 5.02 Å². The van der Waals surface area contributed by atoms with Gasteiger partial charge in [-0.1, -0.05) is 22.8 Å². The highest BCUT2D eigenvalue weighted by Gasteiger charge is 2.25. The Morgan fingerprint density at radius 1 is 1.00 bits per heavy atom. The van der Waals surface area contributed by atoms with Gasteiger partial charge in [-0.25, -0.2) is 0 Å². The Bertz CT molecular complexity index is 795. The number of hydrogen-bond donors (Lipinski definition) is 2. The quantitative estimate of drug-likeness (QED) is 0.696. The zero-order valence-corrected chi connectivity index (χ0v) is 15.4. The molecule has 0 bridgehead atoms. The number of hydrogen-bond acceptors (Lipinski definition) is 4. The third kappa shape index (κ3) is 4.27. The van der Waals surface area contributed by atoms with Gasteiger partial charge in [0.2, 0.25) is 5.82 Å². The molecule has 0 atom stereocenters. The van der Waals surface area contributed by atoms with Crippen molar-refractivity contribution in [2.24, 2.45) is 0 Å². The molecule has 3 heterocycles. The fourth-order valence-electron chi connectivity index (χ4n) is 3.23. The molecule has 2 N–H and O–H groups in total. The highest BCUT2D eigenvalue weighted by molar-refractivity contribution is 7.09. The molecule has 130 valence electrons. The first kappa shape index (κ1) is 16.7. The van der Waals surface area contributed by atoms with E-state index in [1.165, 1.54) is 22.9 Å². The third-order valence-corrected chi connectivity index (χ3v) is 5.77. The lowest BCUT2D eigenvalue weighted by Gasteiger charge is -2.28. The Hall–Kier alpha value is -1.73. The van der Waals surface area contributed by atoms with Crippen LogP contribution in [0.4, 0.5) is 0 Å². The summed E-state index contributed by atoms with van der Waals surface area (Å²) in [5.74, 6) is 1.34. The summed E-state index contributed by atoms with van der Waals surface area (Å²) in [5.41, 5.74) is 0.930. The number of nitrogens with one attached hydrogen (secondary N) is 2. The summed E-state index contributed by atoms with van der Waals surface area (Å²) in [6.45, 7) is 6.59. The second-order valence-electron chi connectivity index (χ2n) is 6.45. The van der Waals surface area contributed by atoms with Crippen LogP contribution >= 0.6 is 22.9 Å². The summed E-state index contributed by atoms with van der Waals surface area (Å²) < 4.78 is 5.44. The average molecular weight is 377 g/mol. The molecule has 25 heavy (non-hydrogen) atoms. The van der Waals surface area contributed by atoms with Gasteiger partial charge in [-0.3, -0.25) is 0 Å². The van der Waals surface area contributed by atoms with Gasteiger partial charge in [0.15, 0.2) is 6.54 Å². The van der Waals surface area contributed by atoms with E-state index in [0.717, 1.165) is 31.7 Å². The van der Waals surface area contributed by atoms with E-state index in [0.29, 0.717) is 16.7 Å². The van der Waals surface area contributed by atoms with Crippen molar-refractivity contribution in [2.45, 2.75) is 13.1 Å². The van der Waals surface area contributed by atoms with Gasteiger partial charge in [-0.15, -0.1) is 11.3 Å². The minimum atomic E-state index is 0.632. The number of quaternary nitrogens is 2. The van der Waals surface area contributed by atoms with Crippen molar-refractivity contribution in [3.63, 3.8) is 0 Å². The van der Waals surface area contributed by atoms with E-state index in [2.05, 4.69) is 27.7 Å². The summed E-state index contributed by atoms with van der Waals surface area (Å²) in [7, 11) is 0. The molecule has 2 aromatic heterocycles. The lowest BCUT2D eigenvalue weighted by molar-refractivity contribution is -1.02. The van der Waals surface area contributed by atoms with E-state index in [1.54, 1.807) is 4.90 Å². The van der Waals surface area contributed by atoms with Crippen LogP contribution in [0, 0.1) is 0 Å². The monoisotopic (exact) mass is 376 g/mol. The molecule has 1 aliphatic rings. The molecule has 3 aromatic rings. The standard InChI is InChI=1S/C18H19ClN4OS/c19-15-5-3-14(4-6-15)18-20-17(24-21-18)13-23-9-7-22(8-10-23)12-16-2-1-11-25-16/h1-6,11H,7-10,12-13H2/p+2. The molecule has 0 radical (unpaired) electrons. The van der Waals surface area contributed by atoms with E-state index in [1.807, 2.05) is 35.6 Å². The van der Waals surface area contributed by atoms with Crippen LogP contribution in [-0.2, 0) is 13.1 Å². The van der Waals surface area contributed by atoms with Crippen molar-refractivity contribution >= 4 is 22.9 Å². The first-order valence-electron chi connectivity index (χ1n) is 8.54. The van der Waals surface area contributed by atoms with Crippen LogP contribution in [0.5, 0.6) is 0 Å². The molecule has 0 aliphatic carbocycles. The maximum Gasteiger partial charge on any atom is 0.282 e. The van der Waals surface area contributed by atoms with Crippen molar-refractivity contribution in [3.05, 3.63) is 57.6 Å². The average Bonchev–Trinajstić information content (AvgIpc) is 3.29. The lowest BCUT2D eigenvalue weighted by Crippen LogP contribution is -3.27. The van der Waals surface area contributed by atoms with Crippen LogP contribution in [0.25, 0.3) is 11.4 Å². The highest BCUT2D eigenvalue weighted by Crippen LogP contribution is 2.18. The van der Waals surface area contributed by atoms with E-state index >= 15 is 0 Å². The van der Waals surface area contributed by atoms with Gasteiger partial charge < -0.3 is 14.3 Å². The van der Waals surface area contributed by atoms with Gasteiger partial charge in [0.1, 0.15) is 32.7 Å². The number of halogens is 1. The number of piperazine rings is 1. The summed E-state index contributed by atoms with van der Waals surface area (Å²) in [6, 6.07) is 11.9. The van der Waals surface area contributed by atoms with Crippen molar-refractivity contribution in [3.8, 4) is 11.4 Å². The van der Waals surface area contributed by atoms with Crippen LogP contribution in [-0.4, -0.2) is 36.3 Å². The number of nitrogens with zero attached hydrogens (tertiary/aromatic N) is 2. The summed E-state index contributed by atoms with van der Waals surface area (Å²) >= 11 is 7.77. The molecule has 1 saturated heterocycles. The lowest BCUT2D eigenvalue weighted by atomic mass is 10.2.